The molecular weight excluding hydrogens is 261 g/mol. The third-order valence-electron chi connectivity index (χ3n) is 3.29. The van der Waals surface area contributed by atoms with Gasteiger partial charge in [0.15, 0.2) is 0 Å². The van der Waals surface area contributed by atoms with E-state index in [1.807, 2.05) is 12.1 Å². The normalized spacial score (nSPS) is 28.1. The second-order valence-electron chi connectivity index (χ2n) is 4.55. The Morgan fingerprint density at radius 3 is 2.74 bits per heavy atom. The topological polar surface area (TPSA) is 57.3 Å². The number of alkyl halides is 3. The molecule has 2 unspecified atom stereocenters. The Morgan fingerprint density at radius 2 is 2.05 bits per heavy atom. The predicted octanol–water partition coefficient (Wildman–Crippen LogP) is 2.38. The number of hydrogen-bond acceptors (Lipinski definition) is 3. The van der Waals surface area contributed by atoms with Gasteiger partial charge in [0.2, 0.25) is 0 Å². The summed E-state index contributed by atoms with van der Waals surface area (Å²) in [5.41, 5.74) is 3.71. The second kappa shape index (κ2) is 3.96. The smallest absolute Gasteiger partial charge is 0.361 e. The molecule has 0 bridgehead atoms. The number of aromatic nitrogens is 1. The van der Waals surface area contributed by atoms with Crippen molar-refractivity contribution in [2.24, 2.45) is 0 Å². The van der Waals surface area contributed by atoms with Crippen LogP contribution in [-0.2, 0) is 4.84 Å². The van der Waals surface area contributed by atoms with Crippen LogP contribution in [0.2, 0.25) is 0 Å². The average molecular weight is 272 g/mol. The number of nitrogens with one attached hydrogen (secondary N) is 2. The maximum atomic E-state index is 12.7. The molecule has 0 amide bonds. The fraction of sp³-hybridized carbons (Fsp3) is 0.333. The van der Waals surface area contributed by atoms with E-state index in [0.717, 1.165) is 10.9 Å². The highest BCUT2D eigenvalue weighted by Gasteiger charge is 2.60. The Morgan fingerprint density at radius 1 is 1.32 bits per heavy atom. The Labute approximate surface area is 106 Å². The Balaban J connectivity index is 1.93. The lowest BCUT2D eigenvalue weighted by Crippen LogP contribution is -2.45. The summed E-state index contributed by atoms with van der Waals surface area (Å²) in [5.74, 6) is -3.14. The number of fused-ring (bicyclic) bond motifs is 1. The summed E-state index contributed by atoms with van der Waals surface area (Å²) >= 11 is 0. The zero-order valence-corrected chi connectivity index (χ0v) is 9.66. The van der Waals surface area contributed by atoms with Crippen molar-refractivity contribution in [1.29, 1.82) is 0 Å². The largest absolute Gasteiger partial charge is 0.444 e. The lowest BCUT2D eigenvalue weighted by atomic mass is 10.00. The first-order chi connectivity index (χ1) is 8.91. The standard InChI is InChI=1S/C12H11F3N2O2/c13-12(14,15)11(18)5-10(17-19-11)8-6-16-9-4-2-1-3-7(8)9/h1-4,6,10,16-18H,5H2. The molecule has 0 radical (unpaired) electrons. The number of H-pyrrole nitrogens is 1. The van der Waals surface area contributed by atoms with Crippen LogP contribution in [0.25, 0.3) is 10.9 Å². The quantitative estimate of drug-likeness (QED) is 0.747. The molecule has 0 saturated carbocycles. The molecule has 19 heavy (non-hydrogen) atoms. The molecule has 1 saturated heterocycles. The summed E-state index contributed by atoms with van der Waals surface area (Å²) in [5, 5.41) is 10.3. The molecule has 3 N–H and O–H groups in total. The molecule has 3 rings (SSSR count). The minimum atomic E-state index is -4.83. The maximum absolute atomic E-state index is 12.7. The van der Waals surface area contributed by atoms with Crippen molar-refractivity contribution in [2.45, 2.75) is 24.4 Å². The molecule has 2 atom stereocenters. The third-order valence-corrected chi connectivity index (χ3v) is 3.29. The van der Waals surface area contributed by atoms with E-state index in [0.29, 0.717) is 5.56 Å². The van der Waals surface area contributed by atoms with Gasteiger partial charge in [-0.15, -0.1) is 0 Å². The monoisotopic (exact) mass is 272 g/mol. The summed E-state index contributed by atoms with van der Waals surface area (Å²) in [6.07, 6.45) is -3.80. The van der Waals surface area contributed by atoms with Crippen LogP contribution in [0, 0.1) is 0 Å². The zero-order valence-electron chi connectivity index (χ0n) is 9.66. The number of halogens is 3. The number of rotatable bonds is 1. The van der Waals surface area contributed by atoms with Crippen LogP contribution >= 0.6 is 0 Å². The van der Waals surface area contributed by atoms with Gasteiger partial charge < -0.3 is 10.1 Å². The van der Waals surface area contributed by atoms with Gasteiger partial charge in [0.05, 0.1) is 6.04 Å². The van der Waals surface area contributed by atoms with Gasteiger partial charge >= 0.3 is 6.18 Å². The van der Waals surface area contributed by atoms with E-state index in [4.69, 9.17) is 0 Å². The van der Waals surface area contributed by atoms with E-state index in [1.165, 1.54) is 0 Å². The van der Waals surface area contributed by atoms with Crippen molar-refractivity contribution in [3.05, 3.63) is 36.0 Å². The molecule has 4 nitrogen and oxygen atoms in total. The summed E-state index contributed by atoms with van der Waals surface area (Å²) in [4.78, 5) is 7.33. The summed E-state index contributed by atoms with van der Waals surface area (Å²) < 4.78 is 38.0. The highest BCUT2D eigenvalue weighted by Crippen LogP contribution is 2.43. The number of aromatic amines is 1. The van der Waals surface area contributed by atoms with Crippen LogP contribution in [0.4, 0.5) is 13.2 Å². The van der Waals surface area contributed by atoms with Crippen LogP contribution in [0.5, 0.6) is 0 Å². The van der Waals surface area contributed by atoms with Crippen molar-refractivity contribution in [3.63, 3.8) is 0 Å². The first-order valence-corrected chi connectivity index (χ1v) is 5.69. The lowest BCUT2D eigenvalue weighted by molar-refractivity contribution is -0.361. The molecule has 1 aromatic carbocycles. The highest BCUT2D eigenvalue weighted by molar-refractivity contribution is 5.83. The van der Waals surface area contributed by atoms with Crippen LogP contribution < -0.4 is 5.48 Å². The number of hydroxylamine groups is 1. The van der Waals surface area contributed by atoms with E-state index in [1.54, 1.807) is 18.3 Å². The van der Waals surface area contributed by atoms with Gasteiger partial charge in [-0.3, -0.25) is 4.84 Å². The number of benzene rings is 1. The molecular formula is C12H11F3N2O2. The maximum Gasteiger partial charge on any atom is 0.444 e. The Bertz CT molecular complexity index is 610. The predicted molar refractivity (Wildman–Crippen MR) is 60.9 cm³/mol. The first kappa shape index (κ1) is 12.5. The minimum absolute atomic E-state index is 0.585. The Hall–Kier alpha value is -1.57. The second-order valence-corrected chi connectivity index (χ2v) is 4.55. The molecule has 7 heteroatoms. The van der Waals surface area contributed by atoms with Gasteiger partial charge in [-0.05, 0) is 11.6 Å². The zero-order chi connectivity index (χ0) is 13.7. The van der Waals surface area contributed by atoms with E-state index in [2.05, 4.69) is 15.3 Å². The molecule has 2 heterocycles. The van der Waals surface area contributed by atoms with Gasteiger partial charge in [0.25, 0.3) is 5.79 Å². The average Bonchev–Trinajstić information content (AvgIpc) is 2.92. The van der Waals surface area contributed by atoms with Crippen molar-refractivity contribution in [2.75, 3.05) is 0 Å². The number of hydrogen-bond donors (Lipinski definition) is 3. The van der Waals surface area contributed by atoms with E-state index >= 15 is 0 Å². The number of aliphatic hydroxyl groups is 1. The van der Waals surface area contributed by atoms with Gasteiger partial charge in [-0.1, -0.05) is 18.2 Å². The van der Waals surface area contributed by atoms with Crippen LogP contribution in [0.1, 0.15) is 18.0 Å². The SMILES string of the molecule is OC1(C(F)(F)F)CC(c2c[nH]c3ccccc23)NO1. The van der Waals surface area contributed by atoms with E-state index in [9.17, 15) is 18.3 Å². The molecule has 1 aliphatic rings. The molecule has 1 fully saturated rings. The Kier molecular flexibility index (Phi) is 2.60. The third kappa shape index (κ3) is 1.90. The molecule has 1 aromatic heterocycles. The fourth-order valence-electron chi connectivity index (χ4n) is 2.26. The van der Waals surface area contributed by atoms with E-state index in [-0.39, 0.29) is 0 Å². The molecule has 102 valence electrons. The minimum Gasteiger partial charge on any atom is -0.361 e. The van der Waals surface area contributed by atoms with Gasteiger partial charge in [-0.25, -0.2) is 0 Å². The van der Waals surface area contributed by atoms with Crippen molar-refractivity contribution >= 4 is 10.9 Å². The molecule has 2 aromatic rings. The summed E-state index contributed by atoms with van der Waals surface area (Å²) in [6.45, 7) is 0. The van der Waals surface area contributed by atoms with Gasteiger partial charge in [0.1, 0.15) is 0 Å². The molecule has 0 aliphatic carbocycles. The highest BCUT2D eigenvalue weighted by atomic mass is 19.4. The lowest BCUT2D eigenvalue weighted by Gasteiger charge is -2.22. The first-order valence-electron chi connectivity index (χ1n) is 5.69. The van der Waals surface area contributed by atoms with Crippen molar-refractivity contribution in [1.82, 2.24) is 10.5 Å². The summed E-state index contributed by atoms with van der Waals surface area (Å²) in [7, 11) is 0. The summed E-state index contributed by atoms with van der Waals surface area (Å²) in [6, 6.07) is 6.53. The van der Waals surface area contributed by atoms with Crippen LogP contribution in [-0.4, -0.2) is 22.1 Å². The van der Waals surface area contributed by atoms with Gasteiger partial charge in [-0.2, -0.15) is 18.7 Å². The fourth-order valence-corrected chi connectivity index (χ4v) is 2.26. The number of para-hydroxylation sites is 1. The van der Waals surface area contributed by atoms with Crippen molar-refractivity contribution in [3.8, 4) is 0 Å². The van der Waals surface area contributed by atoms with Crippen LogP contribution in [0.15, 0.2) is 30.5 Å². The van der Waals surface area contributed by atoms with E-state index < -0.39 is 24.4 Å². The van der Waals surface area contributed by atoms with Gasteiger partial charge in [0, 0.05) is 23.5 Å². The molecule has 0 spiro atoms. The van der Waals surface area contributed by atoms with Crippen LogP contribution in [0.3, 0.4) is 0 Å². The molecule has 1 aliphatic heterocycles. The van der Waals surface area contributed by atoms with Crippen molar-refractivity contribution < 1.29 is 23.1 Å².